The topological polar surface area (TPSA) is 88.3 Å². The second-order valence-electron chi connectivity index (χ2n) is 3.17. The molecule has 17 heavy (non-hydrogen) atoms. The van der Waals surface area contributed by atoms with Crippen LogP contribution in [0.5, 0.6) is 0 Å². The van der Waals surface area contributed by atoms with Gasteiger partial charge in [0.1, 0.15) is 27.8 Å². The first kappa shape index (κ1) is 11.2. The van der Waals surface area contributed by atoms with Crippen LogP contribution in [0.2, 0.25) is 0 Å². The molecule has 82 valence electrons. The van der Waals surface area contributed by atoms with Crippen LogP contribution in [0.25, 0.3) is 10.9 Å². The fourth-order valence-electron chi connectivity index (χ4n) is 1.36. The second kappa shape index (κ2) is 4.69. The van der Waals surface area contributed by atoms with E-state index in [1.165, 1.54) is 6.20 Å². The highest BCUT2D eigenvalue weighted by molar-refractivity contribution is 9.10. The molecule has 1 aromatic carbocycles. The van der Waals surface area contributed by atoms with Gasteiger partial charge in [0.15, 0.2) is 0 Å². The molecule has 0 aliphatic carbocycles. The van der Waals surface area contributed by atoms with Crippen molar-refractivity contribution in [2.75, 3.05) is 5.32 Å². The third kappa shape index (κ3) is 2.12. The summed E-state index contributed by atoms with van der Waals surface area (Å²) in [6.45, 7) is 0. The lowest BCUT2D eigenvalue weighted by molar-refractivity contribution is 1.10. The fraction of sp³-hybridized carbons (Fsp3) is 0. The molecule has 1 aromatic heterocycles. The van der Waals surface area contributed by atoms with Crippen LogP contribution in [0, 0.1) is 22.7 Å². The van der Waals surface area contributed by atoms with Crippen LogP contribution in [-0.4, -0.2) is 10.2 Å². The molecule has 0 saturated heterocycles. The Morgan fingerprint density at radius 1 is 1.41 bits per heavy atom. The number of nitrogens with zero attached hydrogens (tertiary/aromatic N) is 3. The largest absolute Gasteiger partial charge is 0.358 e. The van der Waals surface area contributed by atoms with E-state index >= 15 is 0 Å². The van der Waals surface area contributed by atoms with Crippen LogP contribution >= 0.6 is 15.9 Å². The number of aromatic nitrogens is 2. The molecule has 2 aromatic rings. The summed E-state index contributed by atoms with van der Waals surface area (Å²) in [5, 5.41) is 28.0. The van der Waals surface area contributed by atoms with Gasteiger partial charge in [0.25, 0.3) is 0 Å². The molecule has 0 bridgehead atoms. The number of rotatable bonds is 2. The Morgan fingerprint density at radius 3 is 2.88 bits per heavy atom. The lowest BCUT2D eigenvalue weighted by Gasteiger charge is -2.00. The van der Waals surface area contributed by atoms with Crippen molar-refractivity contribution in [3.05, 3.63) is 34.6 Å². The van der Waals surface area contributed by atoms with E-state index in [0.717, 1.165) is 21.2 Å². The third-order valence-corrected chi connectivity index (χ3v) is 2.76. The molecule has 2 N–H and O–H groups in total. The minimum Gasteiger partial charge on any atom is -0.358 e. The molecular formula is C11H6BrN5. The molecule has 2 rings (SSSR count). The lowest BCUT2D eigenvalue weighted by atomic mass is 10.2. The van der Waals surface area contributed by atoms with Crippen molar-refractivity contribution in [2.45, 2.75) is 0 Å². The second-order valence-corrected chi connectivity index (χ2v) is 3.96. The first-order chi connectivity index (χ1) is 8.26. The van der Waals surface area contributed by atoms with E-state index in [9.17, 15) is 0 Å². The number of hydrogen-bond donors (Lipinski definition) is 2. The van der Waals surface area contributed by atoms with Crippen LogP contribution in [0.3, 0.4) is 0 Å². The SMILES string of the molecule is N#CC(C#N)=CNc1cccc2c(Br)[nH]nc12. The highest BCUT2D eigenvalue weighted by Crippen LogP contribution is 2.26. The predicted molar refractivity (Wildman–Crippen MR) is 66.7 cm³/mol. The number of nitriles is 2. The van der Waals surface area contributed by atoms with Crippen molar-refractivity contribution in [3.8, 4) is 12.1 Å². The smallest absolute Gasteiger partial charge is 0.145 e. The van der Waals surface area contributed by atoms with E-state index in [1.807, 2.05) is 18.2 Å². The maximum absolute atomic E-state index is 8.61. The average Bonchev–Trinajstić information content (AvgIpc) is 2.73. The lowest BCUT2D eigenvalue weighted by Crippen LogP contribution is -1.90. The van der Waals surface area contributed by atoms with E-state index in [-0.39, 0.29) is 5.57 Å². The summed E-state index contributed by atoms with van der Waals surface area (Å²) in [4.78, 5) is 0. The summed E-state index contributed by atoms with van der Waals surface area (Å²) in [6, 6.07) is 9.14. The Kier molecular flexibility index (Phi) is 3.08. The number of fused-ring (bicyclic) bond motifs is 1. The molecule has 5 nitrogen and oxygen atoms in total. The van der Waals surface area contributed by atoms with Crippen LogP contribution < -0.4 is 5.32 Å². The van der Waals surface area contributed by atoms with Crippen molar-refractivity contribution < 1.29 is 0 Å². The zero-order valence-electron chi connectivity index (χ0n) is 8.53. The summed E-state index contributed by atoms with van der Waals surface area (Å²) >= 11 is 3.34. The first-order valence-corrected chi connectivity index (χ1v) is 5.45. The maximum Gasteiger partial charge on any atom is 0.145 e. The Hall–Kier alpha value is -2.31. The molecule has 6 heteroatoms. The number of H-pyrrole nitrogens is 1. The minimum absolute atomic E-state index is 0.0107. The van der Waals surface area contributed by atoms with Crippen LogP contribution in [0.4, 0.5) is 5.69 Å². The molecule has 0 fully saturated rings. The van der Waals surface area contributed by atoms with Crippen LogP contribution in [0.15, 0.2) is 34.6 Å². The van der Waals surface area contributed by atoms with Gasteiger partial charge >= 0.3 is 0 Å². The number of aromatic amines is 1. The summed E-state index contributed by atoms with van der Waals surface area (Å²) in [7, 11) is 0. The van der Waals surface area contributed by atoms with E-state index in [2.05, 4.69) is 31.4 Å². The first-order valence-electron chi connectivity index (χ1n) is 4.65. The molecule has 0 atom stereocenters. The summed E-state index contributed by atoms with van der Waals surface area (Å²) in [5.74, 6) is 0. The van der Waals surface area contributed by atoms with E-state index in [0.29, 0.717) is 0 Å². The summed E-state index contributed by atoms with van der Waals surface area (Å²) in [6.07, 6.45) is 1.36. The van der Waals surface area contributed by atoms with Gasteiger partial charge in [-0.3, -0.25) is 5.10 Å². The van der Waals surface area contributed by atoms with Gasteiger partial charge < -0.3 is 5.32 Å². The Morgan fingerprint density at radius 2 is 2.18 bits per heavy atom. The molecule has 0 spiro atoms. The van der Waals surface area contributed by atoms with Crippen molar-refractivity contribution in [2.24, 2.45) is 0 Å². The van der Waals surface area contributed by atoms with Gasteiger partial charge in [0, 0.05) is 11.6 Å². The summed E-state index contributed by atoms with van der Waals surface area (Å²) in [5.41, 5.74) is 1.48. The van der Waals surface area contributed by atoms with E-state index in [4.69, 9.17) is 10.5 Å². The monoisotopic (exact) mass is 287 g/mol. The van der Waals surface area contributed by atoms with E-state index < -0.39 is 0 Å². The number of nitrogens with one attached hydrogen (secondary N) is 2. The zero-order chi connectivity index (χ0) is 12.3. The average molecular weight is 288 g/mol. The molecule has 0 radical (unpaired) electrons. The standard InChI is InChI=1S/C11H6BrN5/c12-11-8-2-1-3-9(10(8)16-17-11)15-6-7(4-13)5-14/h1-3,6,15H,(H,16,17). The molecular weight excluding hydrogens is 282 g/mol. The number of anilines is 1. The number of hydrogen-bond acceptors (Lipinski definition) is 4. The van der Waals surface area contributed by atoms with Crippen molar-refractivity contribution in [3.63, 3.8) is 0 Å². The molecule has 0 aliphatic heterocycles. The van der Waals surface area contributed by atoms with Gasteiger partial charge in [-0.25, -0.2) is 0 Å². The van der Waals surface area contributed by atoms with Crippen LogP contribution in [0.1, 0.15) is 0 Å². The normalized spacial score (nSPS) is 9.35. The molecule has 0 aliphatic rings. The zero-order valence-corrected chi connectivity index (χ0v) is 10.1. The highest BCUT2D eigenvalue weighted by Gasteiger charge is 2.06. The fourth-order valence-corrected chi connectivity index (χ4v) is 1.77. The van der Waals surface area contributed by atoms with E-state index in [1.54, 1.807) is 12.1 Å². The van der Waals surface area contributed by atoms with Gasteiger partial charge in [0.05, 0.1) is 5.69 Å². The number of allylic oxidation sites excluding steroid dienone is 1. The quantitative estimate of drug-likeness (QED) is 0.831. The molecule has 0 unspecified atom stereocenters. The third-order valence-electron chi connectivity index (χ3n) is 2.15. The van der Waals surface area contributed by atoms with Gasteiger partial charge in [-0.2, -0.15) is 15.6 Å². The van der Waals surface area contributed by atoms with Crippen LogP contribution in [-0.2, 0) is 0 Å². The Labute approximate surface area is 105 Å². The van der Waals surface area contributed by atoms with Gasteiger partial charge in [0.2, 0.25) is 0 Å². The molecule has 0 saturated carbocycles. The van der Waals surface area contributed by atoms with Gasteiger partial charge in [-0.15, -0.1) is 0 Å². The maximum atomic E-state index is 8.61. The Balaban J connectivity index is 2.41. The minimum atomic E-state index is 0.0107. The number of halogens is 1. The molecule has 1 heterocycles. The van der Waals surface area contributed by atoms with Gasteiger partial charge in [-0.05, 0) is 28.1 Å². The highest BCUT2D eigenvalue weighted by atomic mass is 79.9. The van der Waals surface area contributed by atoms with Crippen molar-refractivity contribution in [1.29, 1.82) is 10.5 Å². The Bertz CT molecular complexity index is 655. The number of benzene rings is 1. The molecule has 0 amide bonds. The van der Waals surface area contributed by atoms with Gasteiger partial charge in [-0.1, -0.05) is 6.07 Å². The number of para-hydroxylation sites is 1. The van der Waals surface area contributed by atoms with Crippen molar-refractivity contribution in [1.82, 2.24) is 10.2 Å². The summed E-state index contributed by atoms with van der Waals surface area (Å²) < 4.78 is 0.793. The predicted octanol–water partition coefficient (Wildman–Crippen LogP) is 2.67. The van der Waals surface area contributed by atoms with Crippen molar-refractivity contribution >= 4 is 32.5 Å².